The highest BCUT2D eigenvalue weighted by Crippen LogP contribution is 2.32. The Hall–Kier alpha value is -3.92. The Morgan fingerprint density at radius 3 is 1.56 bits per heavy atom. The second kappa shape index (κ2) is 10.8. The second-order valence-corrected chi connectivity index (χ2v) is 7.35. The van der Waals surface area contributed by atoms with E-state index in [4.69, 9.17) is 11.5 Å². The van der Waals surface area contributed by atoms with Crippen LogP contribution in [0.4, 0.5) is 30.7 Å². The molecule has 0 unspecified atom stereocenters. The molecule has 3 rings (SSSR count). The number of aromatic nitrogens is 6. The third kappa shape index (κ3) is 7.05. The number of alkyl halides is 6. The fraction of sp³-hybridized carbons (Fsp3) is 0.421. The molecule has 2 amide bonds. The molecule has 3 heterocycles. The summed E-state index contributed by atoms with van der Waals surface area (Å²) in [5, 5.41) is 10.1. The van der Waals surface area contributed by atoms with Crippen LogP contribution in [-0.4, -0.2) is 41.2 Å². The molecular formula is C19H23F7N8O2. The maximum absolute atomic E-state index is 12.7. The molecule has 36 heavy (non-hydrogen) atoms. The first-order valence-corrected chi connectivity index (χ1v) is 9.67. The van der Waals surface area contributed by atoms with Crippen molar-refractivity contribution in [2.75, 3.05) is 0 Å². The highest BCUT2D eigenvalue weighted by Gasteiger charge is 2.40. The van der Waals surface area contributed by atoms with Crippen LogP contribution in [0.25, 0.3) is 0 Å². The fourth-order valence-electron chi connectivity index (χ4n) is 2.72. The molecule has 0 atom stereocenters. The monoisotopic (exact) mass is 528 g/mol. The van der Waals surface area contributed by atoms with Crippen molar-refractivity contribution in [3.63, 3.8) is 0 Å². The van der Waals surface area contributed by atoms with Crippen molar-refractivity contribution in [2.24, 2.45) is 32.6 Å². The van der Waals surface area contributed by atoms with Gasteiger partial charge in [-0.05, 0) is 20.8 Å². The minimum atomic E-state index is -4.66. The molecular weight excluding hydrogens is 505 g/mol. The summed E-state index contributed by atoms with van der Waals surface area (Å²) in [5.41, 5.74) is 7.40. The Bertz CT molecular complexity index is 1230. The van der Waals surface area contributed by atoms with Crippen LogP contribution in [0.3, 0.4) is 0 Å². The van der Waals surface area contributed by atoms with Gasteiger partial charge in [0.2, 0.25) is 5.95 Å². The van der Waals surface area contributed by atoms with Gasteiger partial charge in [0.05, 0.1) is 16.8 Å². The van der Waals surface area contributed by atoms with Gasteiger partial charge >= 0.3 is 12.4 Å². The highest BCUT2D eigenvalue weighted by molar-refractivity contribution is 5.95. The third-order valence-electron chi connectivity index (χ3n) is 4.65. The first kappa shape index (κ1) is 30.1. The summed E-state index contributed by atoms with van der Waals surface area (Å²) in [6.45, 7) is 4.86. The maximum Gasteiger partial charge on any atom is 0.435 e. The molecule has 0 aliphatic rings. The number of hydrogen-bond donors (Lipinski definition) is 2. The topological polar surface area (TPSA) is 140 Å². The zero-order valence-corrected chi connectivity index (χ0v) is 19.9. The van der Waals surface area contributed by atoms with Crippen molar-refractivity contribution < 1.29 is 40.3 Å². The Labute approximate surface area is 199 Å². The van der Waals surface area contributed by atoms with Gasteiger partial charge in [0, 0.05) is 38.6 Å². The van der Waals surface area contributed by atoms with Gasteiger partial charge < -0.3 is 11.5 Å². The summed E-state index contributed by atoms with van der Waals surface area (Å²) in [7, 11) is 4.19. The van der Waals surface area contributed by atoms with Gasteiger partial charge in [0.15, 0.2) is 11.4 Å². The number of nitrogens with two attached hydrogens (primary N) is 2. The first-order chi connectivity index (χ1) is 16.2. The van der Waals surface area contributed by atoms with E-state index in [2.05, 4.69) is 15.3 Å². The lowest BCUT2D eigenvalue weighted by Crippen LogP contribution is -2.18. The summed E-state index contributed by atoms with van der Waals surface area (Å²) >= 11 is 0. The van der Waals surface area contributed by atoms with Crippen LogP contribution in [0.15, 0.2) is 6.20 Å². The van der Waals surface area contributed by atoms with Crippen molar-refractivity contribution in [3.05, 3.63) is 51.6 Å². The molecule has 4 N–H and O–H groups in total. The van der Waals surface area contributed by atoms with E-state index in [0.29, 0.717) is 5.56 Å². The molecule has 0 fully saturated rings. The standard InChI is InChI=1S/C7H8F3N3O.C6H6F3N3O.C6H9FN2/c1-3-4(6(11)14)5(7(8,9)10)12-13(3)2;1-12-2-3(5(10)13)4(11-12)6(7,8)9;1-4-5(2)8-9(3)6(4)7/h1-2H3,(H2,11,14);2H,1H3,(H2,10,13);1-3H3. The number of hydrogen-bond acceptors (Lipinski definition) is 5. The predicted molar refractivity (Wildman–Crippen MR) is 111 cm³/mol. The molecule has 3 aromatic heterocycles. The van der Waals surface area contributed by atoms with Crippen LogP contribution in [0.1, 0.15) is 49.1 Å². The normalized spacial score (nSPS) is 11.4. The van der Waals surface area contributed by atoms with Crippen LogP contribution in [-0.2, 0) is 33.5 Å². The molecule has 200 valence electrons. The number of primary amides is 2. The zero-order valence-electron chi connectivity index (χ0n) is 19.9. The van der Waals surface area contributed by atoms with Crippen molar-refractivity contribution in [1.29, 1.82) is 0 Å². The van der Waals surface area contributed by atoms with Gasteiger partial charge in [0.25, 0.3) is 11.8 Å². The van der Waals surface area contributed by atoms with E-state index in [1.54, 1.807) is 20.9 Å². The van der Waals surface area contributed by atoms with E-state index >= 15 is 0 Å². The molecule has 17 heteroatoms. The SMILES string of the molecule is Cc1c(C(N)=O)c(C(F)(F)F)nn1C.Cc1nn(C)c(F)c1C.Cn1cc(C(N)=O)c(C(F)(F)F)n1. The van der Waals surface area contributed by atoms with Crippen molar-refractivity contribution in [1.82, 2.24) is 29.3 Å². The van der Waals surface area contributed by atoms with Gasteiger partial charge in [-0.2, -0.15) is 46.0 Å². The average molecular weight is 528 g/mol. The van der Waals surface area contributed by atoms with Gasteiger partial charge in [-0.1, -0.05) is 0 Å². The minimum Gasteiger partial charge on any atom is -0.365 e. The largest absolute Gasteiger partial charge is 0.435 e. The van der Waals surface area contributed by atoms with Crippen LogP contribution in [0.5, 0.6) is 0 Å². The van der Waals surface area contributed by atoms with E-state index in [1.165, 1.54) is 25.7 Å². The lowest BCUT2D eigenvalue weighted by Gasteiger charge is -2.03. The van der Waals surface area contributed by atoms with Gasteiger partial charge in [-0.15, -0.1) is 0 Å². The maximum atomic E-state index is 12.7. The number of rotatable bonds is 2. The lowest BCUT2D eigenvalue weighted by atomic mass is 10.2. The van der Waals surface area contributed by atoms with Crippen LogP contribution in [0, 0.1) is 26.7 Å². The molecule has 3 aromatic rings. The summed E-state index contributed by atoms with van der Waals surface area (Å²) in [4.78, 5) is 21.3. The number of aryl methyl sites for hydroxylation is 4. The first-order valence-electron chi connectivity index (χ1n) is 9.67. The number of carbonyl (C=O) groups excluding carboxylic acids is 2. The van der Waals surface area contributed by atoms with Crippen LogP contribution in [0.2, 0.25) is 0 Å². The minimum absolute atomic E-state index is 0.102. The molecule has 0 saturated heterocycles. The zero-order chi connectivity index (χ0) is 28.3. The molecule has 0 spiro atoms. The molecule has 0 aromatic carbocycles. The number of carbonyl (C=O) groups is 2. The highest BCUT2D eigenvalue weighted by atomic mass is 19.4. The molecule has 0 aliphatic carbocycles. The summed E-state index contributed by atoms with van der Waals surface area (Å²) < 4.78 is 89.1. The second-order valence-electron chi connectivity index (χ2n) is 7.35. The van der Waals surface area contributed by atoms with Gasteiger partial charge in [-0.25, -0.2) is 4.68 Å². The van der Waals surface area contributed by atoms with Crippen LogP contribution < -0.4 is 11.5 Å². The van der Waals surface area contributed by atoms with E-state index in [-0.39, 0.29) is 11.6 Å². The number of amides is 2. The van der Waals surface area contributed by atoms with Crippen molar-refractivity contribution in [2.45, 2.75) is 33.1 Å². The Morgan fingerprint density at radius 2 is 1.31 bits per heavy atom. The summed E-state index contributed by atoms with van der Waals surface area (Å²) in [6, 6.07) is 0. The molecule has 10 nitrogen and oxygen atoms in total. The Balaban J connectivity index is 0.000000276. The molecule has 0 bridgehead atoms. The van der Waals surface area contributed by atoms with Gasteiger partial charge in [-0.3, -0.25) is 19.0 Å². The van der Waals surface area contributed by atoms with E-state index in [9.17, 15) is 40.3 Å². The van der Waals surface area contributed by atoms with Gasteiger partial charge in [0.1, 0.15) is 0 Å². The van der Waals surface area contributed by atoms with E-state index in [1.807, 2.05) is 0 Å². The molecule has 0 saturated carbocycles. The van der Waals surface area contributed by atoms with Crippen molar-refractivity contribution in [3.8, 4) is 0 Å². The quantitative estimate of drug-likeness (QED) is 0.492. The Morgan fingerprint density at radius 1 is 0.806 bits per heavy atom. The molecule has 0 radical (unpaired) electrons. The smallest absolute Gasteiger partial charge is 0.365 e. The van der Waals surface area contributed by atoms with Crippen LogP contribution >= 0.6 is 0 Å². The van der Waals surface area contributed by atoms with Crippen molar-refractivity contribution >= 4 is 11.8 Å². The molecule has 0 aliphatic heterocycles. The summed E-state index contributed by atoms with van der Waals surface area (Å²) in [6.07, 6.45) is -8.37. The predicted octanol–water partition coefficient (Wildman–Crippen LogP) is 2.56. The number of halogens is 7. The summed E-state index contributed by atoms with van der Waals surface area (Å²) in [5.74, 6) is -2.50. The lowest BCUT2D eigenvalue weighted by molar-refractivity contribution is -0.142. The Kier molecular flexibility index (Phi) is 9.01. The van der Waals surface area contributed by atoms with E-state index in [0.717, 1.165) is 21.3 Å². The fourth-order valence-corrected chi connectivity index (χ4v) is 2.72. The third-order valence-corrected chi connectivity index (χ3v) is 4.65. The van der Waals surface area contributed by atoms with E-state index < -0.39 is 46.7 Å². The average Bonchev–Trinajstić information content (AvgIpc) is 3.33. The number of nitrogens with zero attached hydrogens (tertiary/aromatic N) is 6.